The molecule has 1 aromatic heterocycles. The van der Waals surface area contributed by atoms with Gasteiger partial charge in [0.25, 0.3) is 5.69 Å². The van der Waals surface area contributed by atoms with Crippen LogP contribution in [0.25, 0.3) is 5.69 Å². The summed E-state index contributed by atoms with van der Waals surface area (Å²) in [4.78, 5) is 10.4. The van der Waals surface area contributed by atoms with Crippen molar-refractivity contribution in [2.24, 2.45) is 5.10 Å². The lowest BCUT2D eigenvalue weighted by molar-refractivity contribution is -0.385. The largest absolute Gasteiger partial charge is 0.379 e. The molecule has 2 heterocycles. The number of hydrazone groups is 1. The lowest BCUT2D eigenvalue weighted by Gasteiger charge is -2.26. The molecule has 0 radical (unpaired) electrons. The zero-order valence-electron chi connectivity index (χ0n) is 18.4. The predicted molar refractivity (Wildman–Crippen MR) is 132 cm³/mol. The Balaban J connectivity index is 1.64. The number of anilines is 1. The van der Waals surface area contributed by atoms with Gasteiger partial charge in [0.15, 0.2) is 0 Å². The molecule has 1 aliphatic rings. The van der Waals surface area contributed by atoms with E-state index in [9.17, 15) is 18.5 Å². The first-order valence-electron chi connectivity index (χ1n) is 10.3. The highest BCUT2D eigenvalue weighted by molar-refractivity contribution is 7.89. The van der Waals surface area contributed by atoms with Crippen LogP contribution in [0.2, 0.25) is 10.2 Å². The smallest absolute Gasteiger partial charge is 0.270 e. The molecule has 3 aromatic rings. The number of nitro benzene ring substituents is 1. The third kappa shape index (κ3) is 5.31. The van der Waals surface area contributed by atoms with Gasteiger partial charge in [-0.25, -0.2) is 13.1 Å². The molecule has 2 aromatic carbocycles. The maximum atomic E-state index is 13.2. The van der Waals surface area contributed by atoms with Crippen molar-refractivity contribution < 1.29 is 18.1 Å². The summed E-state index contributed by atoms with van der Waals surface area (Å²) in [7, 11) is -4.04. The Kier molecular flexibility index (Phi) is 7.38. The second-order valence-electron chi connectivity index (χ2n) is 7.50. The Labute approximate surface area is 211 Å². The number of sulfonamides is 1. The monoisotopic (exact) mass is 538 g/mol. The van der Waals surface area contributed by atoms with Crippen LogP contribution in [0.5, 0.6) is 0 Å². The summed E-state index contributed by atoms with van der Waals surface area (Å²) in [5.74, 6) is 0. The molecule has 0 saturated carbocycles. The van der Waals surface area contributed by atoms with Crippen LogP contribution in [-0.2, 0) is 14.8 Å². The van der Waals surface area contributed by atoms with Gasteiger partial charge in [-0.15, -0.1) is 0 Å². The van der Waals surface area contributed by atoms with E-state index in [1.54, 1.807) is 31.2 Å². The average molecular weight is 539 g/mol. The summed E-state index contributed by atoms with van der Waals surface area (Å²) in [6.07, 6.45) is 1.41. The van der Waals surface area contributed by atoms with Gasteiger partial charge in [-0.1, -0.05) is 23.2 Å². The molecule has 1 fully saturated rings. The first-order valence-corrected chi connectivity index (χ1v) is 12.5. The predicted octanol–water partition coefficient (Wildman–Crippen LogP) is 3.86. The van der Waals surface area contributed by atoms with E-state index in [4.69, 9.17) is 27.9 Å². The van der Waals surface area contributed by atoms with Gasteiger partial charge in [0, 0.05) is 30.2 Å². The molecular weight excluding hydrogens is 519 g/mol. The molecule has 1 N–H and O–H groups in total. The molecule has 11 nitrogen and oxygen atoms in total. The van der Waals surface area contributed by atoms with Crippen LogP contribution >= 0.6 is 23.2 Å². The minimum absolute atomic E-state index is 0.0808. The van der Waals surface area contributed by atoms with Crippen molar-refractivity contribution in [1.82, 2.24) is 14.1 Å². The SMILES string of the molecule is Cc1nn(-c2ccc(Cl)cc2)c(Cl)c1/C=N/Nc1ccc([N+](=O)[O-])cc1S(=O)(=O)N1CCOCC1. The minimum Gasteiger partial charge on any atom is -0.379 e. The number of aryl methyl sites for hydroxylation is 1. The summed E-state index contributed by atoms with van der Waals surface area (Å²) >= 11 is 12.4. The molecule has 184 valence electrons. The first-order chi connectivity index (χ1) is 16.7. The van der Waals surface area contributed by atoms with Gasteiger partial charge < -0.3 is 4.74 Å². The summed E-state index contributed by atoms with van der Waals surface area (Å²) in [6.45, 7) is 2.52. The Bertz CT molecular complexity index is 1390. The van der Waals surface area contributed by atoms with Crippen molar-refractivity contribution in [2.75, 3.05) is 31.7 Å². The Morgan fingerprint density at radius 2 is 1.86 bits per heavy atom. The number of nitro groups is 1. The summed E-state index contributed by atoms with van der Waals surface area (Å²) < 4.78 is 34.4. The number of nitrogens with one attached hydrogen (secondary N) is 1. The lowest BCUT2D eigenvalue weighted by atomic mass is 10.3. The number of aromatic nitrogens is 2. The average Bonchev–Trinajstić information content (AvgIpc) is 3.13. The first kappa shape index (κ1) is 25.1. The topological polar surface area (TPSA) is 132 Å². The van der Waals surface area contributed by atoms with Crippen LogP contribution in [0.1, 0.15) is 11.3 Å². The zero-order chi connectivity index (χ0) is 25.2. The number of hydrogen-bond donors (Lipinski definition) is 1. The van der Waals surface area contributed by atoms with Crippen LogP contribution in [0.4, 0.5) is 11.4 Å². The molecule has 0 amide bonds. The number of benzene rings is 2. The number of hydrogen-bond acceptors (Lipinski definition) is 8. The summed E-state index contributed by atoms with van der Waals surface area (Å²) in [5, 5.41) is 20.7. The van der Waals surface area contributed by atoms with Gasteiger partial charge in [0.1, 0.15) is 10.0 Å². The van der Waals surface area contributed by atoms with E-state index >= 15 is 0 Å². The van der Waals surface area contributed by atoms with Gasteiger partial charge in [0.05, 0.1) is 47.0 Å². The Hall–Kier alpha value is -3.03. The van der Waals surface area contributed by atoms with Crippen LogP contribution in [0.3, 0.4) is 0 Å². The van der Waals surface area contributed by atoms with E-state index in [0.717, 1.165) is 6.07 Å². The van der Waals surface area contributed by atoms with Crippen molar-refractivity contribution in [3.05, 3.63) is 74.0 Å². The fourth-order valence-electron chi connectivity index (χ4n) is 3.43. The zero-order valence-corrected chi connectivity index (χ0v) is 20.7. The molecule has 0 atom stereocenters. The maximum absolute atomic E-state index is 13.2. The number of halogens is 2. The van der Waals surface area contributed by atoms with E-state index in [1.807, 2.05) is 0 Å². The Morgan fingerprint density at radius 1 is 1.17 bits per heavy atom. The van der Waals surface area contributed by atoms with E-state index in [0.29, 0.717) is 27.1 Å². The van der Waals surface area contributed by atoms with Crippen LogP contribution in [-0.4, -0.2) is 59.9 Å². The van der Waals surface area contributed by atoms with Crippen molar-refractivity contribution in [1.29, 1.82) is 0 Å². The van der Waals surface area contributed by atoms with E-state index in [-0.39, 0.29) is 42.6 Å². The summed E-state index contributed by atoms with van der Waals surface area (Å²) in [5.41, 5.74) is 4.20. The van der Waals surface area contributed by atoms with Crippen molar-refractivity contribution in [3.63, 3.8) is 0 Å². The molecule has 4 rings (SSSR count). The van der Waals surface area contributed by atoms with E-state index < -0.39 is 14.9 Å². The number of rotatable bonds is 7. The van der Waals surface area contributed by atoms with Gasteiger partial charge in [-0.3, -0.25) is 15.5 Å². The quantitative estimate of drug-likeness (QED) is 0.274. The van der Waals surface area contributed by atoms with Gasteiger partial charge in [-0.2, -0.15) is 14.5 Å². The number of morpholine rings is 1. The number of ether oxygens (including phenoxy) is 1. The second-order valence-corrected chi connectivity index (χ2v) is 10.2. The molecule has 1 saturated heterocycles. The van der Waals surface area contributed by atoms with Crippen molar-refractivity contribution in [2.45, 2.75) is 11.8 Å². The van der Waals surface area contributed by atoms with Gasteiger partial charge in [-0.05, 0) is 37.3 Å². The maximum Gasteiger partial charge on any atom is 0.270 e. The fourth-order valence-corrected chi connectivity index (χ4v) is 5.45. The van der Waals surface area contributed by atoms with Gasteiger partial charge in [0.2, 0.25) is 10.0 Å². The van der Waals surface area contributed by atoms with Crippen molar-refractivity contribution >= 4 is 50.8 Å². The molecular formula is C21H20Cl2N6O5S. The van der Waals surface area contributed by atoms with Crippen molar-refractivity contribution in [3.8, 4) is 5.69 Å². The lowest BCUT2D eigenvalue weighted by Crippen LogP contribution is -2.40. The second kappa shape index (κ2) is 10.3. The van der Waals surface area contributed by atoms with E-state index in [2.05, 4.69) is 15.6 Å². The van der Waals surface area contributed by atoms with E-state index in [1.165, 1.54) is 27.3 Å². The molecule has 14 heteroatoms. The van der Waals surface area contributed by atoms with Crippen LogP contribution in [0.15, 0.2) is 52.5 Å². The Morgan fingerprint density at radius 3 is 2.51 bits per heavy atom. The highest BCUT2D eigenvalue weighted by Crippen LogP contribution is 2.30. The fraction of sp³-hybridized carbons (Fsp3) is 0.238. The number of non-ortho nitro benzene ring substituents is 1. The minimum atomic E-state index is -4.04. The molecule has 1 aliphatic heterocycles. The molecule has 0 unspecified atom stereocenters. The number of nitrogens with zero attached hydrogens (tertiary/aromatic N) is 5. The molecule has 0 spiro atoms. The van der Waals surface area contributed by atoms with Crippen LogP contribution < -0.4 is 5.43 Å². The standard InChI is InChI=1S/C21H20Cl2N6O5S/c1-14-18(21(23)28(26-14)16-4-2-15(22)3-5-16)13-24-25-19-7-6-17(29(30)31)12-20(19)35(32,33)27-8-10-34-11-9-27/h2-7,12-13,25H,8-11H2,1H3/b24-13+. The third-order valence-corrected chi connectivity index (χ3v) is 7.82. The molecule has 0 bridgehead atoms. The highest BCUT2D eigenvalue weighted by atomic mass is 35.5. The summed E-state index contributed by atoms with van der Waals surface area (Å²) in [6, 6.07) is 10.5. The molecule has 35 heavy (non-hydrogen) atoms. The highest BCUT2D eigenvalue weighted by Gasteiger charge is 2.30. The molecule has 0 aliphatic carbocycles. The normalized spacial score (nSPS) is 14.9. The van der Waals surface area contributed by atoms with Crippen LogP contribution in [0, 0.1) is 17.0 Å². The van der Waals surface area contributed by atoms with Gasteiger partial charge >= 0.3 is 0 Å². The third-order valence-electron chi connectivity index (χ3n) is 5.26.